The second-order valence-electron chi connectivity index (χ2n) is 5.97. The third-order valence-corrected chi connectivity index (χ3v) is 5.19. The number of nitrogens with one attached hydrogen (secondary N) is 1. The molecule has 0 radical (unpaired) electrons. The number of amides is 2. The van der Waals surface area contributed by atoms with Gasteiger partial charge >= 0.3 is 0 Å². The van der Waals surface area contributed by atoms with Crippen LogP contribution in [0.25, 0.3) is 0 Å². The molecule has 0 saturated carbocycles. The first-order chi connectivity index (χ1) is 13.6. The third-order valence-electron chi connectivity index (χ3n) is 4.23. The lowest BCUT2D eigenvalue weighted by molar-refractivity contribution is -0.124. The maximum absolute atomic E-state index is 12.5. The fraction of sp³-hybridized carbons (Fsp3) is 0.250. The molecule has 1 aliphatic rings. The van der Waals surface area contributed by atoms with Crippen molar-refractivity contribution in [3.63, 3.8) is 0 Å². The minimum Gasteiger partial charge on any atom is -0.497 e. The van der Waals surface area contributed by atoms with Crippen LogP contribution in [0.2, 0.25) is 0 Å². The molecule has 0 atom stereocenters. The fourth-order valence-electron chi connectivity index (χ4n) is 2.73. The largest absolute Gasteiger partial charge is 0.497 e. The number of methoxy groups -OCH3 is 2. The number of ether oxygens (including phenoxy) is 2. The molecule has 146 valence electrons. The summed E-state index contributed by atoms with van der Waals surface area (Å²) in [5.41, 5.74) is 3.98. The standard InChI is InChI=1S/C20H21N3O4S/c1-26-15-8-9-16(17(12-15)27-2)19(25)21-22-20-23(18(24)13-28-20)11-10-14-6-4-3-5-7-14/h3-9,12H,10-11,13H2,1-2H3,(H,21,25). The van der Waals surface area contributed by atoms with Crippen LogP contribution in [0.4, 0.5) is 0 Å². The number of carbonyl (C=O) groups is 2. The Morgan fingerprint density at radius 1 is 1.18 bits per heavy atom. The molecule has 2 amide bonds. The van der Waals surface area contributed by atoms with Gasteiger partial charge in [-0.15, -0.1) is 5.10 Å². The Kier molecular flexibility index (Phi) is 6.54. The van der Waals surface area contributed by atoms with E-state index in [9.17, 15) is 9.59 Å². The Labute approximate surface area is 167 Å². The minimum atomic E-state index is -0.421. The van der Waals surface area contributed by atoms with Gasteiger partial charge in [0.25, 0.3) is 5.91 Å². The minimum absolute atomic E-state index is 0.0176. The van der Waals surface area contributed by atoms with Crippen molar-refractivity contribution in [1.82, 2.24) is 10.3 Å². The van der Waals surface area contributed by atoms with E-state index in [1.807, 2.05) is 30.3 Å². The van der Waals surface area contributed by atoms with Crippen LogP contribution < -0.4 is 14.9 Å². The van der Waals surface area contributed by atoms with Crippen molar-refractivity contribution >= 4 is 28.7 Å². The molecule has 7 nitrogen and oxygen atoms in total. The van der Waals surface area contributed by atoms with Gasteiger partial charge < -0.3 is 9.47 Å². The van der Waals surface area contributed by atoms with Gasteiger partial charge in [-0.1, -0.05) is 42.1 Å². The number of hydrazone groups is 1. The lowest BCUT2D eigenvalue weighted by atomic mass is 10.1. The number of nitrogens with zero attached hydrogens (tertiary/aromatic N) is 2. The summed E-state index contributed by atoms with van der Waals surface area (Å²) in [4.78, 5) is 26.3. The highest BCUT2D eigenvalue weighted by molar-refractivity contribution is 8.15. The van der Waals surface area contributed by atoms with Crippen molar-refractivity contribution in [3.8, 4) is 11.5 Å². The van der Waals surface area contributed by atoms with Crippen molar-refractivity contribution in [1.29, 1.82) is 0 Å². The van der Waals surface area contributed by atoms with E-state index in [1.54, 1.807) is 30.2 Å². The van der Waals surface area contributed by atoms with Crippen LogP contribution in [-0.2, 0) is 11.2 Å². The van der Waals surface area contributed by atoms with E-state index in [-0.39, 0.29) is 5.91 Å². The van der Waals surface area contributed by atoms with E-state index >= 15 is 0 Å². The molecule has 0 spiro atoms. The summed E-state index contributed by atoms with van der Waals surface area (Å²) in [6.07, 6.45) is 0.715. The van der Waals surface area contributed by atoms with Gasteiger partial charge in [0, 0.05) is 12.6 Å². The lowest BCUT2D eigenvalue weighted by Crippen LogP contribution is -2.33. The van der Waals surface area contributed by atoms with Crippen LogP contribution in [-0.4, -0.2) is 48.4 Å². The zero-order chi connectivity index (χ0) is 19.9. The second-order valence-corrected chi connectivity index (χ2v) is 6.91. The molecule has 1 heterocycles. The smallest absolute Gasteiger partial charge is 0.275 e. The molecule has 0 aromatic heterocycles. The number of rotatable bonds is 7. The maximum atomic E-state index is 12.5. The average molecular weight is 399 g/mol. The van der Waals surface area contributed by atoms with Crippen LogP contribution in [0, 0.1) is 0 Å². The summed E-state index contributed by atoms with van der Waals surface area (Å²) in [5, 5.41) is 4.65. The van der Waals surface area contributed by atoms with E-state index in [1.165, 1.54) is 18.9 Å². The number of benzene rings is 2. The van der Waals surface area contributed by atoms with Crippen LogP contribution in [0.5, 0.6) is 11.5 Å². The number of amidine groups is 1. The van der Waals surface area contributed by atoms with E-state index in [2.05, 4.69) is 10.5 Å². The Bertz CT molecular complexity index is 886. The Hall–Kier alpha value is -3.00. The van der Waals surface area contributed by atoms with E-state index in [4.69, 9.17) is 9.47 Å². The third kappa shape index (κ3) is 4.64. The first kappa shape index (κ1) is 19.8. The van der Waals surface area contributed by atoms with Gasteiger partial charge in [0.05, 0.1) is 25.5 Å². The molecule has 28 heavy (non-hydrogen) atoms. The molecule has 2 aromatic carbocycles. The summed E-state index contributed by atoms with van der Waals surface area (Å²) in [6, 6.07) is 14.8. The van der Waals surface area contributed by atoms with Gasteiger partial charge in [-0.05, 0) is 24.1 Å². The molecule has 1 N–H and O–H groups in total. The van der Waals surface area contributed by atoms with Crippen molar-refractivity contribution in [2.75, 3.05) is 26.5 Å². The lowest BCUT2D eigenvalue weighted by Gasteiger charge is -2.16. The molecular formula is C20H21N3O4S. The highest BCUT2D eigenvalue weighted by atomic mass is 32.2. The highest BCUT2D eigenvalue weighted by Gasteiger charge is 2.28. The molecule has 3 rings (SSSR count). The average Bonchev–Trinajstić information content (AvgIpc) is 3.10. The summed E-state index contributed by atoms with van der Waals surface area (Å²) in [6.45, 7) is 0.510. The number of carbonyl (C=O) groups excluding carboxylic acids is 2. The molecule has 2 aromatic rings. The predicted octanol–water partition coefficient (Wildman–Crippen LogP) is 2.52. The van der Waals surface area contributed by atoms with Crippen LogP contribution in [0.15, 0.2) is 53.6 Å². The first-order valence-corrected chi connectivity index (χ1v) is 9.68. The second kappa shape index (κ2) is 9.27. The molecule has 1 saturated heterocycles. The number of hydrogen-bond acceptors (Lipinski definition) is 6. The maximum Gasteiger partial charge on any atom is 0.275 e. The van der Waals surface area contributed by atoms with Crippen LogP contribution in [0.1, 0.15) is 15.9 Å². The summed E-state index contributed by atoms with van der Waals surface area (Å²) < 4.78 is 10.4. The molecule has 1 aliphatic heterocycles. The van der Waals surface area contributed by atoms with Crippen molar-refractivity contribution in [2.45, 2.75) is 6.42 Å². The molecule has 0 aliphatic carbocycles. The summed E-state index contributed by atoms with van der Waals surface area (Å²) in [5.74, 6) is 0.845. The Balaban J connectivity index is 1.68. The Morgan fingerprint density at radius 2 is 1.96 bits per heavy atom. The summed E-state index contributed by atoms with van der Waals surface area (Å²) >= 11 is 1.31. The predicted molar refractivity (Wildman–Crippen MR) is 109 cm³/mol. The van der Waals surface area contributed by atoms with Gasteiger partial charge in [-0.3, -0.25) is 14.5 Å². The van der Waals surface area contributed by atoms with Gasteiger partial charge in [0.15, 0.2) is 5.17 Å². The molecular weight excluding hydrogens is 378 g/mol. The molecule has 0 unspecified atom stereocenters. The van der Waals surface area contributed by atoms with Crippen molar-refractivity contribution in [3.05, 3.63) is 59.7 Å². The van der Waals surface area contributed by atoms with Gasteiger partial charge in [-0.2, -0.15) is 0 Å². The normalized spacial score (nSPS) is 15.0. The van der Waals surface area contributed by atoms with Gasteiger partial charge in [0.1, 0.15) is 11.5 Å². The Morgan fingerprint density at radius 3 is 2.68 bits per heavy atom. The van der Waals surface area contributed by atoms with Crippen LogP contribution >= 0.6 is 11.8 Å². The van der Waals surface area contributed by atoms with Crippen molar-refractivity contribution < 1.29 is 19.1 Å². The van der Waals surface area contributed by atoms with Gasteiger partial charge in [-0.25, -0.2) is 5.43 Å². The van der Waals surface area contributed by atoms with Crippen LogP contribution in [0.3, 0.4) is 0 Å². The monoisotopic (exact) mass is 399 g/mol. The zero-order valence-corrected chi connectivity index (χ0v) is 16.5. The molecule has 0 bridgehead atoms. The van der Waals surface area contributed by atoms with E-state index < -0.39 is 5.91 Å². The van der Waals surface area contributed by atoms with E-state index in [0.29, 0.717) is 40.9 Å². The topological polar surface area (TPSA) is 80.2 Å². The van der Waals surface area contributed by atoms with Gasteiger partial charge in [0.2, 0.25) is 5.91 Å². The zero-order valence-electron chi connectivity index (χ0n) is 15.7. The number of thioether (sulfide) groups is 1. The SMILES string of the molecule is COc1ccc(C(=O)NN=C2SCC(=O)N2CCc2ccccc2)c(OC)c1. The number of hydrogen-bond donors (Lipinski definition) is 1. The first-order valence-electron chi connectivity index (χ1n) is 8.69. The highest BCUT2D eigenvalue weighted by Crippen LogP contribution is 2.25. The van der Waals surface area contributed by atoms with Crippen molar-refractivity contribution in [2.24, 2.45) is 5.10 Å². The summed E-state index contributed by atoms with van der Waals surface area (Å²) in [7, 11) is 3.02. The molecule has 8 heteroatoms. The molecule has 1 fully saturated rings. The fourth-order valence-corrected chi connectivity index (χ4v) is 3.60. The quantitative estimate of drug-likeness (QED) is 0.724. The van der Waals surface area contributed by atoms with E-state index in [0.717, 1.165) is 5.56 Å².